The molecule has 1 aromatic heterocycles. The summed E-state index contributed by atoms with van der Waals surface area (Å²) in [4.78, 5) is 11.7. The van der Waals surface area contributed by atoms with E-state index in [1.165, 1.54) is 28.9 Å². The Hall–Kier alpha value is -2.39. The summed E-state index contributed by atoms with van der Waals surface area (Å²) in [7, 11) is -2.04. The van der Waals surface area contributed by atoms with Gasteiger partial charge in [0.05, 0.1) is 11.1 Å². The number of aryl methyl sites for hydroxylation is 1. The monoisotopic (exact) mass is 295 g/mol. The molecule has 0 fully saturated rings. The molecule has 0 aliphatic heterocycles. The average Bonchev–Trinajstić information content (AvgIpc) is 2.74. The standard InChI is InChI=1S/C11H13N5O3S/c1-16-10(6-7-13-16)15-11(17)14-8-2-4-9(5-3-8)20(12,18)19/h2-7H,1H3,(H2,12,18,19)(H2,14,15,17). The maximum atomic E-state index is 11.7. The zero-order valence-corrected chi connectivity index (χ0v) is 11.4. The molecule has 0 spiro atoms. The summed E-state index contributed by atoms with van der Waals surface area (Å²) in [5, 5.41) is 14.0. The third kappa shape index (κ3) is 3.33. The summed E-state index contributed by atoms with van der Waals surface area (Å²) in [6.45, 7) is 0. The van der Waals surface area contributed by atoms with Crippen molar-refractivity contribution < 1.29 is 13.2 Å². The number of primary sulfonamides is 1. The van der Waals surface area contributed by atoms with Gasteiger partial charge in [-0.3, -0.25) is 10.00 Å². The van der Waals surface area contributed by atoms with E-state index in [-0.39, 0.29) is 4.90 Å². The van der Waals surface area contributed by atoms with E-state index in [4.69, 9.17) is 5.14 Å². The molecule has 2 aromatic rings. The first-order chi connectivity index (χ1) is 9.36. The van der Waals surface area contributed by atoms with Crippen LogP contribution < -0.4 is 15.8 Å². The van der Waals surface area contributed by atoms with Gasteiger partial charge in [-0.25, -0.2) is 18.4 Å². The topological polar surface area (TPSA) is 119 Å². The summed E-state index contributed by atoms with van der Waals surface area (Å²) in [6, 6.07) is 6.70. The fraction of sp³-hybridized carbons (Fsp3) is 0.0909. The number of nitrogens with zero attached hydrogens (tertiary/aromatic N) is 2. The smallest absolute Gasteiger partial charge is 0.308 e. The van der Waals surface area contributed by atoms with Crippen molar-refractivity contribution in [2.24, 2.45) is 12.2 Å². The van der Waals surface area contributed by atoms with Crippen molar-refractivity contribution in [2.45, 2.75) is 4.90 Å². The number of carbonyl (C=O) groups is 1. The van der Waals surface area contributed by atoms with Gasteiger partial charge in [0.25, 0.3) is 0 Å². The highest BCUT2D eigenvalue weighted by Crippen LogP contribution is 2.13. The molecule has 0 bridgehead atoms. The summed E-state index contributed by atoms with van der Waals surface area (Å²) in [6.07, 6.45) is 1.55. The molecule has 8 nitrogen and oxygen atoms in total. The minimum absolute atomic E-state index is 0.0184. The van der Waals surface area contributed by atoms with Crippen LogP contribution in [0.15, 0.2) is 41.4 Å². The molecule has 1 heterocycles. The van der Waals surface area contributed by atoms with Crippen LogP contribution in [0, 0.1) is 0 Å². The number of anilines is 2. The molecule has 9 heteroatoms. The number of hydrogen-bond donors (Lipinski definition) is 3. The number of aromatic nitrogens is 2. The van der Waals surface area contributed by atoms with Gasteiger partial charge in [-0.2, -0.15) is 5.10 Å². The van der Waals surface area contributed by atoms with Crippen LogP contribution in [0.25, 0.3) is 0 Å². The van der Waals surface area contributed by atoms with E-state index >= 15 is 0 Å². The molecular formula is C11H13N5O3S. The first kappa shape index (κ1) is 14.0. The first-order valence-corrected chi connectivity index (χ1v) is 7.10. The molecule has 4 N–H and O–H groups in total. The Labute approximate surface area is 115 Å². The third-order valence-electron chi connectivity index (χ3n) is 2.50. The lowest BCUT2D eigenvalue weighted by Gasteiger charge is -2.08. The number of hydrogen-bond acceptors (Lipinski definition) is 4. The van der Waals surface area contributed by atoms with Crippen LogP contribution in [0.5, 0.6) is 0 Å². The quantitative estimate of drug-likeness (QED) is 0.772. The van der Waals surface area contributed by atoms with Gasteiger partial charge in [-0.1, -0.05) is 0 Å². The van der Waals surface area contributed by atoms with Gasteiger partial charge >= 0.3 is 6.03 Å². The fourth-order valence-corrected chi connectivity index (χ4v) is 2.02. The molecule has 0 saturated carbocycles. The highest BCUT2D eigenvalue weighted by molar-refractivity contribution is 7.89. The Morgan fingerprint density at radius 2 is 1.85 bits per heavy atom. The van der Waals surface area contributed by atoms with E-state index in [1.807, 2.05) is 0 Å². The molecule has 0 aliphatic carbocycles. The second-order valence-corrected chi connectivity index (χ2v) is 5.55. The zero-order valence-electron chi connectivity index (χ0n) is 10.6. The van der Waals surface area contributed by atoms with Crippen molar-refractivity contribution in [3.8, 4) is 0 Å². The van der Waals surface area contributed by atoms with Crippen LogP contribution in [0.2, 0.25) is 0 Å². The molecule has 0 atom stereocenters. The van der Waals surface area contributed by atoms with E-state index in [2.05, 4.69) is 15.7 Å². The number of nitrogens with two attached hydrogens (primary N) is 1. The van der Waals surface area contributed by atoms with E-state index in [0.717, 1.165) is 0 Å². The molecule has 0 radical (unpaired) electrons. The molecule has 0 saturated heterocycles. The lowest BCUT2D eigenvalue weighted by molar-refractivity contribution is 0.262. The minimum Gasteiger partial charge on any atom is -0.308 e. The van der Waals surface area contributed by atoms with Crippen molar-refractivity contribution in [3.05, 3.63) is 36.5 Å². The van der Waals surface area contributed by atoms with Gasteiger partial charge in [0.1, 0.15) is 5.82 Å². The maximum absolute atomic E-state index is 11.7. The van der Waals surface area contributed by atoms with Crippen molar-refractivity contribution in [1.82, 2.24) is 9.78 Å². The van der Waals surface area contributed by atoms with Crippen LogP contribution in [0.1, 0.15) is 0 Å². The predicted molar refractivity (Wildman–Crippen MR) is 73.7 cm³/mol. The second kappa shape index (κ2) is 5.31. The van der Waals surface area contributed by atoms with Gasteiger partial charge in [0.15, 0.2) is 0 Å². The van der Waals surface area contributed by atoms with Crippen molar-refractivity contribution in [1.29, 1.82) is 0 Å². The lowest BCUT2D eigenvalue weighted by atomic mass is 10.3. The van der Waals surface area contributed by atoms with Gasteiger partial charge in [-0.15, -0.1) is 0 Å². The highest BCUT2D eigenvalue weighted by atomic mass is 32.2. The third-order valence-corrected chi connectivity index (χ3v) is 3.43. The number of urea groups is 1. The number of benzene rings is 1. The average molecular weight is 295 g/mol. The Morgan fingerprint density at radius 1 is 1.20 bits per heavy atom. The Kier molecular flexibility index (Phi) is 3.72. The number of rotatable bonds is 3. The van der Waals surface area contributed by atoms with Crippen LogP contribution >= 0.6 is 0 Å². The predicted octanol–water partition coefficient (Wildman–Crippen LogP) is 0.712. The van der Waals surface area contributed by atoms with E-state index in [1.54, 1.807) is 19.3 Å². The fourth-order valence-electron chi connectivity index (χ4n) is 1.50. The van der Waals surface area contributed by atoms with Crippen LogP contribution in [0.4, 0.5) is 16.3 Å². The first-order valence-electron chi connectivity index (χ1n) is 5.55. The molecule has 0 aliphatic rings. The number of nitrogens with one attached hydrogen (secondary N) is 2. The molecular weight excluding hydrogens is 282 g/mol. The van der Waals surface area contributed by atoms with E-state index < -0.39 is 16.1 Å². The SMILES string of the molecule is Cn1nccc1NC(=O)Nc1ccc(S(N)(=O)=O)cc1. The normalized spacial score (nSPS) is 11.1. The largest absolute Gasteiger partial charge is 0.324 e. The summed E-state index contributed by atoms with van der Waals surface area (Å²) >= 11 is 0. The van der Waals surface area contributed by atoms with Crippen LogP contribution in [0.3, 0.4) is 0 Å². The number of carbonyl (C=O) groups excluding carboxylic acids is 1. The summed E-state index contributed by atoms with van der Waals surface area (Å²) in [5.41, 5.74) is 0.442. The van der Waals surface area contributed by atoms with Gasteiger partial charge in [0.2, 0.25) is 10.0 Å². The zero-order chi connectivity index (χ0) is 14.8. The Bertz CT molecular complexity index is 721. The molecule has 0 unspecified atom stereocenters. The Balaban J connectivity index is 2.03. The second-order valence-electron chi connectivity index (χ2n) is 3.99. The van der Waals surface area contributed by atoms with Crippen molar-refractivity contribution in [3.63, 3.8) is 0 Å². The maximum Gasteiger partial charge on any atom is 0.324 e. The van der Waals surface area contributed by atoms with Crippen LogP contribution in [-0.4, -0.2) is 24.2 Å². The number of sulfonamides is 1. The Morgan fingerprint density at radius 3 is 2.35 bits per heavy atom. The molecule has 1 aromatic carbocycles. The van der Waals surface area contributed by atoms with Crippen molar-refractivity contribution in [2.75, 3.05) is 10.6 Å². The molecule has 106 valence electrons. The minimum atomic E-state index is -3.73. The van der Waals surface area contributed by atoms with Gasteiger partial charge in [0, 0.05) is 18.8 Å². The molecule has 2 rings (SSSR count). The lowest BCUT2D eigenvalue weighted by Crippen LogP contribution is -2.21. The summed E-state index contributed by atoms with van der Waals surface area (Å²) < 4.78 is 23.7. The van der Waals surface area contributed by atoms with Gasteiger partial charge < -0.3 is 5.32 Å². The molecule has 20 heavy (non-hydrogen) atoms. The van der Waals surface area contributed by atoms with E-state index in [9.17, 15) is 13.2 Å². The van der Waals surface area contributed by atoms with Gasteiger partial charge in [-0.05, 0) is 24.3 Å². The van der Waals surface area contributed by atoms with Crippen molar-refractivity contribution >= 4 is 27.6 Å². The summed E-state index contributed by atoms with van der Waals surface area (Å²) in [5.74, 6) is 0.531. The number of amides is 2. The van der Waals surface area contributed by atoms with E-state index in [0.29, 0.717) is 11.5 Å². The highest BCUT2D eigenvalue weighted by Gasteiger charge is 2.08. The molecule has 2 amide bonds. The van der Waals surface area contributed by atoms with Crippen LogP contribution in [-0.2, 0) is 17.1 Å².